The number of anilines is 1. The second-order valence-electron chi connectivity index (χ2n) is 4.83. The van der Waals surface area contributed by atoms with Crippen molar-refractivity contribution in [3.8, 4) is 0 Å². The molecule has 0 bridgehead atoms. The second-order valence-corrected chi connectivity index (χ2v) is 8.01. The SMILES string of the molecule is CC(=O)Nc1nc(CS(=O)(=O)[C@@H](C)c2cccc(F)c2)cs1. The standard InChI is InChI=1S/C14H15FN2O3S2/c1-9(11-4-3-5-12(15)6-11)22(19,20)8-13-7-21-14(17-13)16-10(2)18/h3-7,9H,8H2,1-2H3,(H,16,17,18)/t9-/m0/s1. The first-order valence-electron chi connectivity index (χ1n) is 6.47. The number of carbonyl (C=O) groups excluding carboxylic acids is 1. The normalized spacial score (nSPS) is 12.9. The van der Waals surface area contributed by atoms with Crippen molar-refractivity contribution in [2.75, 3.05) is 5.32 Å². The number of nitrogens with zero attached hydrogens (tertiary/aromatic N) is 1. The predicted molar refractivity (Wildman–Crippen MR) is 83.9 cm³/mol. The van der Waals surface area contributed by atoms with Crippen LogP contribution in [0.4, 0.5) is 9.52 Å². The molecule has 1 heterocycles. The number of thiazole rings is 1. The minimum Gasteiger partial charge on any atom is -0.302 e. The molecule has 2 aromatic rings. The highest BCUT2D eigenvalue weighted by Crippen LogP contribution is 2.27. The van der Waals surface area contributed by atoms with E-state index in [1.807, 2.05) is 0 Å². The van der Waals surface area contributed by atoms with Crippen LogP contribution in [0.3, 0.4) is 0 Å². The maximum atomic E-state index is 13.2. The number of sulfone groups is 1. The van der Waals surface area contributed by atoms with Crippen LogP contribution >= 0.6 is 11.3 Å². The molecular weight excluding hydrogens is 327 g/mol. The zero-order chi connectivity index (χ0) is 16.3. The molecule has 5 nitrogen and oxygen atoms in total. The van der Waals surface area contributed by atoms with Crippen molar-refractivity contribution in [1.29, 1.82) is 0 Å². The van der Waals surface area contributed by atoms with Crippen molar-refractivity contribution in [3.63, 3.8) is 0 Å². The van der Waals surface area contributed by atoms with Crippen LogP contribution in [0.5, 0.6) is 0 Å². The van der Waals surface area contributed by atoms with Crippen LogP contribution in [0.2, 0.25) is 0 Å². The van der Waals surface area contributed by atoms with Gasteiger partial charge in [0.15, 0.2) is 15.0 Å². The lowest BCUT2D eigenvalue weighted by molar-refractivity contribution is -0.114. The second kappa shape index (κ2) is 6.53. The van der Waals surface area contributed by atoms with Gasteiger partial charge >= 0.3 is 0 Å². The first-order valence-corrected chi connectivity index (χ1v) is 9.06. The minimum absolute atomic E-state index is 0.263. The third-order valence-electron chi connectivity index (χ3n) is 3.04. The predicted octanol–water partition coefficient (Wildman–Crippen LogP) is 2.92. The van der Waals surface area contributed by atoms with E-state index in [-0.39, 0.29) is 11.7 Å². The quantitative estimate of drug-likeness (QED) is 0.906. The number of benzene rings is 1. The van der Waals surface area contributed by atoms with Crippen LogP contribution in [0.25, 0.3) is 0 Å². The molecule has 8 heteroatoms. The fraction of sp³-hybridized carbons (Fsp3) is 0.286. The van der Waals surface area contributed by atoms with E-state index < -0.39 is 20.9 Å². The Morgan fingerprint density at radius 2 is 2.18 bits per heavy atom. The summed E-state index contributed by atoms with van der Waals surface area (Å²) < 4.78 is 38.0. The van der Waals surface area contributed by atoms with Gasteiger partial charge in [-0.15, -0.1) is 11.3 Å². The molecule has 0 saturated heterocycles. The van der Waals surface area contributed by atoms with E-state index >= 15 is 0 Å². The molecule has 1 N–H and O–H groups in total. The van der Waals surface area contributed by atoms with Crippen LogP contribution in [-0.2, 0) is 20.4 Å². The molecule has 1 aromatic carbocycles. The van der Waals surface area contributed by atoms with E-state index in [4.69, 9.17) is 0 Å². The molecule has 0 fully saturated rings. The third kappa shape index (κ3) is 4.11. The molecule has 0 aliphatic carbocycles. The summed E-state index contributed by atoms with van der Waals surface area (Å²) in [6.45, 7) is 2.87. The highest BCUT2D eigenvalue weighted by atomic mass is 32.2. The Morgan fingerprint density at radius 3 is 2.82 bits per heavy atom. The lowest BCUT2D eigenvalue weighted by Gasteiger charge is -2.12. The van der Waals surface area contributed by atoms with Gasteiger partial charge < -0.3 is 5.32 Å². The molecule has 1 aromatic heterocycles. The summed E-state index contributed by atoms with van der Waals surface area (Å²) in [5.41, 5.74) is 0.759. The molecule has 22 heavy (non-hydrogen) atoms. The molecule has 0 radical (unpaired) electrons. The van der Waals surface area contributed by atoms with Gasteiger partial charge in [0.05, 0.1) is 16.7 Å². The number of carbonyl (C=O) groups is 1. The van der Waals surface area contributed by atoms with Crippen molar-refractivity contribution < 1.29 is 17.6 Å². The number of halogens is 1. The first kappa shape index (κ1) is 16.6. The van der Waals surface area contributed by atoms with Crippen molar-refractivity contribution >= 4 is 32.2 Å². The Balaban J connectivity index is 2.16. The van der Waals surface area contributed by atoms with Gasteiger partial charge in [-0.05, 0) is 24.6 Å². The fourth-order valence-electron chi connectivity index (χ4n) is 1.88. The van der Waals surface area contributed by atoms with Crippen molar-refractivity contribution in [2.24, 2.45) is 0 Å². The average Bonchev–Trinajstić information content (AvgIpc) is 2.83. The van der Waals surface area contributed by atoms with Gasteiger partial charge in [0.2, 0.25) is 5.91 Å². The summed E-state index contributed by atoms with van der Waals surface area (Å²) in [7, 11) is -3.53. The maximum Gasteiger partial charge on any atom is 0.223 e. The van der Waals surface area contributed by atoms with Gasteiger partial charge in [0.25, 0.3) is 0 Å². The third-order valence-corrected chi connectivity index (χ3v) is 5.89. The maximum absolute atomic E-state index is 13.2. The molecule has 0 unspecified atom stereocenters. The summed E-state index contributed by atoms with van der Waals surface area (Å²) in [6.07, 6.45) is 0. The number of rotatable bonds is 5. The summed E-state index contributed by atoms with van der Waals surface area (Å²) in [6, 6.07) is 5.54. The average molecular weight is 342 g/mol. The Kier molecular flexibility index (Phi) is 4.92. The molecule has 0 saturated carbocycles. The van der Waals surface area contributed by atoms with Gasteiger partial charge in [-0.1, -0.05) is 12.1 Å². The molecule has 118 valence electrons. The van der Waals surface area contributed by atoms with Crippen LogP contribution in [-0.4, -0.2) is 19.3 Å². The molecule has 1 atom stereocenters. The van der Waals surface area contributed by atoms with Gasteiger partial charge in [-0.2, -0.15) is 0 Å². The van der Waals surface area contributed by atoms with E-state index in [0.29, 0.717) is 16.4 Å². The Labute approximate surface area is 132 Å². The monoisotopic (exact) mass is 342 g/mol. The van der Waals surface area contributed by atoms with E-state index in [1.54, 1.807) is 11.4 Å². The van der Waals surface area contributed by atoms with Crippen molar-refractivity contribution in [1.82, 2.24) is 4.98 Å². The molecule has 0 spiro atoms. The van der Waals surface area contributed by atoms with E-state index in [1.165, 1.54) is 32.0 Å². The fourth-order valence-corrected chi connectivity index (χ4v) is 4.11. The van der Waals surface area contributed by atoms with Crippen LogP contribution < -0.4 is 5.32 Å². The number of hydrogen-bond donors (Lipinski definition) is 1. The Morgan fingerprint density at radius 1 is 1.45 bits per heavy atom. The number of amides is 1. The molecule has 0 aliphatic rings. The van der Waals surface area contributed by atoms with E-state index in [9.17, 15) is 17.6 Å². The Bertz CT molecular complexity index is 787. The number of hydrogen-bond acceptors (Lipinski definition) is 5. The number of nitrogens with one attached hydrogen (secondary N) is 1. The summed E-state index contributed by atoms with van der Waals surface area (Å²) in [5, 5.41) is 3.61. The summed E-state index contributed by atoms with van der Waals surface area (Å²) in [4.78, 5) is 15.0. The summed E-state index contributed by atoms with van der Waals surface area (Å²) in [5.74, 6) is -1.00. The highest BCUT2D eigenvalue weighted by Gasteiger charge is 2.24. The van der Waals surface area contributed by atoms with Crippen LogP contribution in [0.15, 0.2) is 29.6 Å². The Hall–Kier alpha value is -1.80. The zero-order valence-corrected chi connectivity index (χ0v) is 13.7. The molecule has 2 rings (SSSR count). The van der Waals surface area contributed by atoms with E-state index in [0.717, 1.165) is 11.3 Å². The number of aromatic nitrogens is 1. The lowest BCUT2D eigenvalue weighted by atomic mass is 10.2. The van der Waals surface area contributed by atoms with Crippen LogP contribution in [0.1, 0.15) is 30.4 Å². The topological polar surface area (TPSA) is 76.1 Å². The molecule has 1 amide bonds. The minimum atomic E-state index is -3.53. The van der Waals surface area contributed by atoms with Gasteiger partial charge in [-0.3, -0.25) is 4.79 Å². The molecular formula is C14H15FN2O3S2. The lowest BCUT2D eigenvalue weighted by Crippen LogP contribution is -2.13. The smallest absolute Gasteiger partial charge is 0.223 e. The zero-order valence-electron chi connectivity index (χ0n) is 12.0. The summed E-state index contributed by atoms with van der Waals surface area (Å²) >= 11 is 1.16. The van der Waals surface area contributed by atoms with Crippen molar-refractivity contribution in [2.45, 2.75) is 24.9 Å². The first-order chi connectivity index (χ1) is 10.3. The van der Waals surface area contributed by atoms with Gasteiger partial charge in [0, 0.05) is 12.3 Å². The van der Waals surface area contributed by atoms with Crippen LogP contribution in [0, 0.1) is 5.82 Å². The largest absolute Gasteiger partial charge is 0.302 e. The molecule has 0 aliphatic heterocycles. The van der Waals surface area contributed by atoms with Crippen molar-refractivity contribution in [3.05, 3.63) is 46.7 Å². The highest BCUT2D eigenvalue weighted by molar-refractivity contribution is 7.90. The van der Waals surface area contributed by atoms with E-state index in [2.05, 4.69) is 10.3 Å². The van der Waals surface area contributed by atoms with Gasteiger partial charge in [0.1, 0.15) is 5.82 Å². The van der Waals surface area contributed by atoms with Gasteiger partial charge in [-0.25, -0.2) is 17.8 Å².